The smallest absolute Gasteiger partial charge is 0.0690 e. The van der Waals surface area contributed by atoms with Crippen LogP contribution < -0.4 is 0 Å². The third kappa shape index (κ3) is 3.26. The zero-order valence-corrected chi connectivity index (χ0v) is 16.5. The fourth-order valence-corrected chi connectivity index (χ4v) is 6.46. The van der Waals surface area contributed by atoms with Crippen LogP contribution in [0, 0.1) is 28.1 Å². The second kappa shape index (κ2) is 6.54. The molecule has 1 aliphatic heterocycles. The molecule has 0 N–H and O–H groups in total. The Bertz CT molecular complexity index is 514. The standard InChI is InChI=1S/C22H37N3/c1-24(2)22(19-5-3-4-6-19)11-9-21(10-12-22)14-16-25(18-21)15-13-20(17-23)7-8-20/h19H,3-16,18H2,1-2H3. The average Bonchev–Trinajstić information content (AvgIpc) is 3.02. The second-order valence-electron chi connectivity index (χ2n) is 10.1. The molecule has 25 heavy (non-hydrogen) atoms. The molecule has 1 saturated heterocycles. The van der Waals surface area contributed by atoms with E-state index in [9.17, 15) is 5.26 Å². The van der Waals surface area contributed by atoms with Crippen LogP contribution in [0.1, 0.15) is 77.0 Å². The Labute approximate surface area is 154 Å². The highest BCUT2D eigenvalue weighted by Crippen LogP contribution is 2.54. The van der Waals surface area contributed by atoms with Gasteiger partial charge in [0, 0.05) is 12.1 Å². The Balaban J connectivity index is 1.34. The molecule has 3 nitrogen and oxygen atoms in total. The Morgan fingerprint density at radius 1 is 1.00 bits per heavy atom. The highest BCUT2D eigenvalue weighted by Gasteiger charge is 2.50. The first-order valence-electron chi connectivity index (χ1n) is 10.8. The lowest BCUT2D eigenvalue weighted by Gasteiger charge is -2.52. The predicted octanol–water partition coefficient (Wildman–Crippen LogP) is 4.44. The summed E-state index contributed by atoms with van der Waals surface area (Å²) in [4.78, 5) is 5.29. The molecule has 4 fully saturated rings. The van der Waals surface area contributed by atoms with E-state index in [-0.39, 0.29) is 5.41 Å². The van der Waals surface area contributed by atoms with E-state index in [0.29, 0.717) is 11.0 Å². The van der Waals surface area contributed by atoms with Crippen LogP contribution in [0.2, 0.25) is 0 Å². The molecule has 4 rings (SSSR count). The third-order valence-corrected chi connectivity index (χ3v) is 8.70. The van der Waals surface area contributed by atoms with Crippen molar-refractivity contribution in [3.8, 4) is 6.07 Å². The van der Waals surface area contributed by atoms with Crippen LogP contribution in [-0.2, 0) is 0 Å². The summed E-state index contributed by atoms with van der Waals surface area (Å²) >= 11 is 0. The van der Waals surface area contributed by atoms with Crippen LogP contribution >= 0.6 is 0 Å². The summed E-state index contributed by atoms with van der Waals surface area (Å²) in [7, 11) is 4.68. The van der Waals surface area contributed by atoms with E-state index in [1.807, 2.05) is 0 Å². The molecule has 0 bridgehead atoms. The highest BCUT2D eigenvalue weighted by atomic mass is 15.2. The van der Waals surface area contributed by atoms with E-state index in [2.05, 4.69) is 30.0 Å². The first-order valence-corrected chi connectivity index (χ1v) is 10.8. The van der Waals surface area contributed by atoms with E-state index in [4.69, 9.17) is 0 Å². The predicted molar refractivity (Wildman–Crippen MR) is 102 cm³/mol. The van der Waals surface area contributed by atoms with E-state index < -0.39 is 0 Å². The first-order chi connectivity index (χ1) is 12.0. The van der Waals surface area contributed by atoms with Crippen LogP contribution in [0.15, 0.2) is 0 Å². The van der Waals surface area contributed by atoms with Gasteiger partial charge in [-0.2, -0.15) is 5.26 Å². The lowest BCUT2D eigenvalue weighted by molar-refractivity contribution is -0.00231. The quantitative estimate of drug-likeness (QED) is 0.739. The maximum atomic E-state index is 9.31. The SMILES string of the molecule is CN(C)C1(C2CCCC2)CCC2(CCN(CCC3(C#N)CC3)C2)CC1. The second-order valence-corrected chi connectivity index (χ2v) is 10.1. The van der Waals surface area contributed by atoms with Crippen LogP contribution in [0.3, 0.4) is 0 Å². The van der Waals surface area contributed by atoms with Gasteiger partial charge in [-0.05, 0) is 103 Å². The third-order valence-electron chi connectivity index (χ3n) is 8.70. The van der Waals surface area contributed by atoms with Crippen molar-refractivity contribution >= 4 is 0 Å². The molecule has 0 aromatic rings. The Hall–Kier alpha value is -0.590. The summed E-state index contributed by atoms with van der Waals surface area (Å²) in [6.07, 6.45) is 16.4. The number of hydrogen-bond acceptors (Lipinski definition) is 3. The fourth-order valence-electron chi connectivity index (χ4n) is 6.46. The van der Waals surface area contributed by atoms with Crippen molar-refractivity contribution in [2.45, 2.75) is 82.6 Å². The highest BCUT2D eigenvalue weighted by molar-refractivity contribution is 5.10. The van der Waals surface area contributed by atoms with Gasteiger partial charge in [0.2, 0.25) is 0 Å². The summed E-state index contributed by atoms with van der Waals surface area (Å²) in [6, 6.07) is 2.57. The lowest BCUT2D eigenvalue weighted by Crippen LogP contribution is -2.54. The van der Waals surface area contributed by atoms with Crippen LogP contribution in [0.4, 0.5) is 0 Å². The molecule has 3 aliphatic carbocycles. The van der Waals surface area contributed by atoms with Gasteiger partial charge in [0.25, 0.3) is 0 Å². The van der Waals surface area contributed by atoms with Crippen LogP contribution in [-0.4, -0.2) is 49.1 Å². The molecule has 3 heteroatoms. The van der Waals surface area contributed by atoms with E-state index in [0.717, 1.165) is 31.7 Å². The molecule has 0 amide bonds. The molecule has 1 spiro atoms. The molecule has 3 saturated carbocycles. The van der Waals surface area contributed by atoms with Crippen LogP contribution in [0.5, 0.6) is 0 Å². The summed E-state index contributed by atoms with van der Waals surface area (Å²) in [5, 5.41) is 9.31. The fraction of sp³-hybridized carbons (Fsp3) is 0.955. The van der Waals surface area contributed by atoms with Gasteiger partial charge in [0.1, 0.15) is 0 Å². The Morgan fingerprint density at radius 3 is 2.24 bits per heavy atom. The zero-order valence-electron chi connectivity index (χ0n) is 16.5. The topological polar surface area (TPSA) is 30.3 Å². The van der Waals surface area contributed by atoms with Gasteiger partial charge < -0.3 is 9.80 Å². The Kier molecular flexibility index (Phi) is 4.66. The van der Waals surface area contributed by atoms with Gasteiger partial charge in [0.05, 0.1) is 11.5 Å². The summed E-state index contributed by atoms with van der Waals surface area (Å²) in [5.74, 6) is 0.947. The van der Waals surface area contributed by atoms with E-state index in [1.165, 1.54) is 70.9 Å². The average molecular weight is 344 g/mol. The molecular formula is C22H37N3. The Morgan fingerprint density at radius 2 is 1.68 bits per heavy atom. The van der Waals surface area contributed by atoms with Gasteiger partial charge in [-0.3, -0.25) is 0 Å². The van der Waals surface area contributed by atoms with Crippen molar-refractivity contribution in [1.29, 1.82) is 5.26 Å². The van der Waals surface area contributed by atoms with Gasteiger partial charge in [0.15, 0.2) is 0 Å². The van der Waals surface area contributed by atoms with Crippen LogP contribution in [0.25, 0.3) is 0 Å². The summed E-state index contributed by atoms with van der Waals surface area (Å²) in [5.41, 5.74) is 1.17. The molecule has 0 atom stereocenters. The normalized spacial score (nSPS) is 38.5. The van der Waals surface area contributed by atoms with Gasteiger partial charge in [-0.15, -0.1) is 0 Å². The van der Waals surface area contributed by atoms with Gasteiger partial charge in [-0.1, -0.05) is 12.8 Å². The maximum Gasteiger partial charge on any atom is 0.0690 e. The molecule has 1 heterocycles. The lowest BCUT2D eigenvalue weighted by atomic mass is 9.62. The number of nitriles is 1. The van der Waals surface area contributed by atoms with Crippen molar-refractivity contribution < 1.29 is 0 Å². The zero-order chi connectivity index (χ0) is 17.5. The molecule has 0 unspecified atom stereocenters. The molecule has 0 radical (unpaired) electrons. The minimum absolute atomic E-state index is 0.0743. The minimum atomic E-state index is 0.0743. The molecule has 0 aromatic heterocycles. The number of nitrogens with zero attached hydrogens (tertiary/aromatic N) is 3. The number of likely N-dealkylation sites (tertiary alicyclic amines) is 1. The summed E-state index contributed by atoms with van der Waals surface area (Å²) < 4.78 is 0. The van der Waals surface area contributed by atoms with Crippen molar-refractivity contribution in [3.63, 3.8) is 0 Å². The molecule has 0 aromatic carbocycles. The van der Waals surface area contributed by atoms with Crippen molar-refractivity contribution in [2.75, 3.05) is 33.7 Å². The number of rotatable bonds is 5. The maximum absolute atomic E-state index is 9.31. The molecule has 4 aliphatic rings. The largest absolute Gasteiger partial charge is 0.303 e. The van der Waals surface area contributed by atoms with Crippen molar-refractivity contribution in [3.05, 3.63) is 0 Å². The van der Waals surface area contributed by atoms with Crippen molar-refractivity contribution in [2.24, 2.45) is 16.7 Å². The number of hydrogen-bond donors (Lipinski definition) is 0. The van der Waals surface area contributed by atoms with Gasteiger partial charge in [-0.25, -0.2) is 0 Å². The molecule has 140 valence electrons. The summed E-state index contributed by atoms with van der Waals surface area (Å²) in [6.45, 7) is 3.75. The molecular weight excluding hydrogens is 306 g/mol. The first kappa shape index (κ1) is 17.8. The minimum Gasteiger partial charge on any atom is -0.303 e. The van der Waals surface area contributed by atoms with Crippen molar-refractivity contribution in [1.82, 2.24) is 9.80 Å². The van der Waals surface area contributed by atoms with E-state index >= 15 is 0 Å². The monoisotopic (exact) mass is 343 g/mol. The van der Waals surface area contributed by atoms with E-state index in [1.54, 1.807) is 0 Å². The van der Waals surface area contributed by atoms with Gasteiger partial charge >= 0.3 is 0 Å².